The second kappa shape index (κ2) is 5.89. The molecule has 1 heterocycles. The van der Waals surface area contributed by atoms with Gasteiger partial charge in [-0.2, -0.15) is 4.57 Å². The summed E-state index contributed by atoms with van der Waals surface area (Å²) in [6.45, 7) is 4.45. The molecule has 0 unspecified atom stereocenters. The fourth-order valence-corrected chi connectivity index (χ4v) is 2.74. The highest BCUT2D eigenvalue weighted by molar-refractivity contribution is 6.04. The molecule has 4 heteroatoms. The first kappa shape index (κ1) is 14.7. The van der Waals surface area contributed by atoms with Crippen molar-refractivity contribution >= 4 is 21.7 Å². The van der Waals surface area contributed by atoms with Crippen LogP contribution in [0.15, 0.2) is 42.6 Å². The maximum Gasteiger partial charge on any atom is 0.213 e. The molecule has 114 valence electrons. The van der Waals surface area contributed by atoms with Gasteiger partial charge < -0.3 is 9.84 Å². The lowest BCUT2D eigenvalue weighted by Gasteiger charge is -2.11. The number of hydrogen-bond acceptors (Lipinski definition) is 2. The maximum absolute atomic E-state index is 13.7. The van der Waals surface area contributed by atoms with Gasteiger partial charge in [0.2, 0.25) is 5.52 Å². The quantitative estimate of drug-likeness (QED) is 0.593. The van der Waals surface area contributed by atoms with Crippen LogP contribution in [0, 0.1) is 5.82 Å². The van der Waals surface area contributed by atoms with Gasteiger partial charge in [-0.1, -0.05) is 0 Å². The fraction of sp³-hybridized carbons (Fsp3) is 0.278. The first-order valence-corrected chi connectivity index (χ1v) is 7.41. The average molecular weight is 300 g/mol. The lowest BCUT2D eigenvalue weighted by Crippen LogP contribution is -2.36. The summed E-state index contributed by atoms with van der Waals surface area (Å²) in [5.41, 5.74) is 0.903. The van der Waals surface area contributed by atoms with E-state index in [1.807, 2.05) is 42.8 Å². The molecule has 0 radical (unpaired) electrons. The number of halogens is 1. The molecular formula is C18H19FNO2+. The van der Waals surface area contributed by atoms with Crippen LogP contribution in [0.5, 0.6) is 5.75 Å². The zero-order chi connectivity index (χ0) is 15.7. The highest BCUT2D eigenvalue weighted by atomic mass is 19.1. The summed E-state index contributed by atoms with van der Waals surface area (Å²) in [5, 5.41) is 12.0. The van der Waals surface area contributed by atoms with E-state index in [1.54, 1.807) is 6.07 Å². The summed E-state index contributed by atoms with van der Waals surface area (Å²) in [6, 6.07) is 10.5. The second-order valence-electron chi connectivity index (χ2n) is 5.62. The number of rotatable bonds is 4. The van der Waals surface area contributed by atoms with Crippen molar-refractivity contribution in [1.82, 2.24) is 0 Å². The number of benzene rings is 2. The first-order valence-electron chi connectivity index (χ1n) is 7.41. The van der Waals surface area contributed by atoms with Gasteiger partial charge in [0, 0.05) is 11.5 Å². The third-order valence-corrected chi connectivity index (χ3v) is 3.59. The fourth-order valence-electron chi connectivity index (χ4n) is 2.74. The van der Waals surface area contributed by atoms with Crippen LogP contribution < -0.4 is 9.30 Å². The molecule has 0 spiro atoms. The number of aromatic nitrogens is 1. The summed E-state index contributed by atoms with van der Waals surface area (Å²) in [4.78, 5) is 0. The number of hydrogen-bond donors (Lipinski definition) is 1. The monoisotopic (exact) mass is 300 g/mol. The summed E-state index contributed by atoms with van der Waals surface area (Å²) < 4.78 is 21.3. The summed E-state index contributed by atoms with van der Waals surface area (Å²) in [5.74, 6) is 0.520. The van der Waals surface area contributed by atoms with E-state index in [9.17, 15) is 9.50 Å². The summed E-state index contributed by atoms with van der Waals surface area (Å²) in [7, 11) is 0. The minimum atomic E-state index is -0.266. The van der Waals surface area contributed by atoms with Gasteiger partial charge in [0.15, 0.2) is 12.7 Å². The van der Waals surface area contributed by atoms with Crippen molar-refractivity contribution in [3.63, 3.8) is 0 Å². The van der Waals surface area contributed by atoms with Gasteiger partial charge in [0.05, 0.1) is 16.9 Å². The molecule has 0 atom stereocenters. The SMILES string of the molecule is CC(C)Oc1ccc2c(c1)c[n+](CCO)c1ccc(F)cc21. The molecule has 0 fully saturated rings. The van der Waals surface area contributed by atoms with Crippen LogP contribution in [0.25, 0.3) is 21.7 Å². The molecule has 0 bridgehead atoms. The Hall–Kier alpha value is -2.20. The van der Waals surface area contributed by atoms with Crippen LogP contribution in [-0.2, 0) is 6.54 Å². The van der Waals surface area contributed by atoms with Gasteiger partial charge in [-0.3, -0.25) is 0 Å². The van der Waals surface area contributed by atoms with E-state index in [1.165, 1.54) is 12.1 Å². The Kier molecular flexibility index (Phi) is 3.94. The number of ether oxygens (including phenoxy) is 1. The third-order valence-electron chi connectivity index (χ3n) is 3.59. The Balaban J connectivity index is 2.28. The predicted octanol–water partition coefficient (Wildman–Crippen LogP) is 3.20. The minimum absolute atomic E-state index is 0.0326. The molecule has 22 heavy (non-hydrogen) atoms. The highest BCUT2D eigenvalue weighted by Crippen LogP contribution is 2.27. The van der Waals surface area contributed by atoms with Crippen LogP contribution in [0.1, 0.15) is 13.8 Å². The van der Waals surface area contributed by atoms with Crippen LogP contribution in [0.3, 0.4) is 0 Å². The smallest absolute Gasteiger partial charge is 0.213 e. The predicted molar refractivity (Wildman–Crippen MR) is 84.5 cm³/mol. The summed E-state index contributed by atoms with van der Waals surface area (Å²) >= 11 is 0. The molecule has 3 rings (SSSR count). The lowest BCUT2D eigenvalue weighted by molar-refractivity contribution is -0.671. The van der Waals surface area contributed by atoms with Crippen LogP contribution in [0.4, 0.5) is 4.39 Å². The molecule has 3 aromatic rings. The Morgan fingerprint density at radius 1 is 1.14 bits per heavy atom. The molecule has 0 aliphatic carbocycles. The van der Waals surface area contributed by atoms with Crippen molar-refractivity contribution in [2.24, 2.45) is 0 Å². The Labute approximate surface area is 128 Å². The Morgan fingerprint density at radius 2 is 1.95 bits per heavy atom. The second-order valence-corrected chi connectivity index (χ2v) is 5.62. The first-order chi connectivity index (χ1) is 10.6. The Bertz CT molecular complexity index is 830. The molecule has 1 N–H and O–H groups in total. The third kappa shape index (κ3) is 2.74. The van der Waals surface area contributed by atoms with Gasteiger partial charge in [0.1, 0.15) is 18.2 Å². The molecule has 2 aromatic carbocycles. The molecule has 0 saturated heterocycles. The molecule has 0 amide bonds. The van der Waals surface area contributed by atoms with Crippen molar-refractivity contribution in [1.29, 1.82) is 0 Å². The number of pyridine rings is 1. The molecule has 0 saturated carbocycles. The van der Waals surface area contributed by atoms with Crippen molar-refractivity contribution in [2.45, 2.75) is 26.5 Å². The van der Waals surface area contributed by atoms with E-state index in [4.69, 9.17) is 4.74 Å². The average Bonchev–Trinajstić information content (AvgIpc) is 2.46. The molecule has 1 aromatic heterocycles. The number of nitrogens with zero attached hydrogens (tertiary/aromatic N) is 1. The van der Waals surface area contributed by atoms with E-state index in [0.717, 1.165) is 27.4 Å². The van der Waals surface area contributed by atoms with Gasteiger partial charge >= 0.3 is 0 Å². The topological polar surface area (TPSA) is 33.3 Å². The van der Waals surface area contributed by atoms with Gasteiger partial charge in [0.25, 0.3) is 0 Å². The van der Waals surface area contributed by atoms with E-state index in [-0.39, 0.29) is 18.5 Å². The largest absolute Gasteiger partial charge is 0.491 e. The van der Waals surface area contributed by atoms with E-state index in [0.29, 0.717) is 6.54 Å². The van der Waals surface area contributed by atoms with Crippen molar-refractivity contribution in [3.8, 4) is 5.75 Å². The molecule has 0 aliphatic rings. The zero-order valence-corrected chi connectivity index (χ0v) is 12.7. The number of fused-ring (bicyclic) bond motifs is 3. The van der Waals surface area contributed by atoms with Gasteiger partial charge in [-0.15, -0.1) is 0 Å². The van der Waals surface area contributed by atoms with Crippen molar-refractivity contribution in [3.05, 3.63) is 48.4 Å². The lowest BCUT2D eigenvalue weighted by atomic mass is 10.1. The van der Waals surface area contributed by atoms with E-state index in [2.05, 4.69) is 0 Å². The van der Waals surface area contributed by atoms with E-state index >= 15 is 0 Å². The Morgan fingerprint density at radius 3 is 2.68 bits per heavy atom. The molecular weight excluding hydrogens is 281 g/mol. The van der Waals surface area contributed by atoms with E-state index < -0.39 is 0 Å². The standard InChI is InChI=1S/C18H19FNO2/c1-12(2)22-15-4-5-16-13(9-15)11-20(7-8-21)18-6-3-14(19)10-17(16)18/h3-6,9-12,21H,7-8H2,1-2H3/q+1. The normalized spacial score (nSPS) is 11.5. The highest BCUT2D eigenvalue weighted by Gasteiger charge is 2.14. The molecule has 3 nitrogen and oxygen atoms in total. The zero-order valence-electron chi connectivity index (χ0n) is 12.7. The summed E-state index contributed by atoms with van der Waals surface area (Å²) in [6.07, 6.45) is 2.07. The van der Waals surface area contributed by atoms with Crippen molar-refractivity contribution in [2.75, 3.05) is 6.61 Å². The van der Waals surface area contributed by atoms with Gasteiger partial charge in [-0.25, -0.2) is 4.39 Å². The van der Waals surface area contributed by atoms with Crippen molar-refractivity contribution < 1.29 is 18.8 Å². The maximum atomic E-state index is 13.7. The van der Waals surface area contributed by atoms with Gasteiger partial charge in [-0.05, 0) is 44.2 Å². The van der Waals surface area contributed by atoms with Crippen LogP contribution in [0.2, 0.25) is 0 Å². The van der Waals surface area contributed by atoms with Crippen LogP contribution >= 0.6 is 0 Å². The molecule has 0 aliphatic heterocycles. The van der Waals surface area contributed by atoms with Crippen LogP contribution in [-0.4, -0.2) is 17.8 Å². The minimum Gasteiger partial charge on any atom is -0.491 e. The number of aliphatic hydroxyl groups excluding tert-OH is 1. The number of aliphatic hydroxyl groups is 1.